The van der Waals surface area contributed by atoms with Crippen LogP contribution in [0, 0.1) is 11.3 Å². The highest BCUT2D eigenvalue weighted by Crippen LogP contribution is 2.25. The molecule has 0 spiro atoms. The maximum absolute atomic E-state index is 12.8. The van der Waals surface area contributed by atoms with Crippen molar-refractivity contribution in [2.24, 2.45) is 0 Å². The topological polar surface area (TPSA) is 87.5 Å². The molecule has 1 atom stereocenters. The van der Waals surface area contributed by atoms with E-state index in [0.29, 0.717) is 17.7 Å². The Bertz CT molecular complexity index is 994. The van der Waals surface area contributed by atoms with Crippen LogP contribution in [0.1, 0.15) is 47.7 Å². The minimum atomic E-state index is -3.57. The van der Waals surface area contributed by atoms with E-state index in [-0.39, 0.29) is 23.1 Å². The standard InChI is InChI=1S/C21H22N2O4S/c1-16-5-2-3-12-23(16)28(25,26)20-10-8-19(9-11-20)21(24)27-15-18-7-4-6-17(13-18)14-22/h4,6-11,13,16H,2-3,5,12,15H2,1H3/t16-/m1/s1. The Labute approximate surface area is 165 Å². The lowest BCUT2D eigenvalue weighted by atomic mass is 10.1. The van der Waals surface area contributed by atoms with Gasteiger partial charge in [-0.2, -0.15) is 9.57 Å². The quantitative estimate of drug-likeness (QED) is 0.720. The number of rotatable bonds is 5. The monoisotopic (exact) mass is 398 g/mol. The van der Waals surface area contributed by atoms with E-state index in [4.69, 9.17) is 10.00 Å². The van der Waals surface area contributed by atoms with E-state index in [0.717, 1.165) is 19.3 Å². The highest BCUT2D eigenvalue weighted by molar-refractivity contribution is 7.89. The number of benzene rings is 2. The van der Waals surface area contributed by atoms with Crippen LogP contribution in [-0.2, 0) is 21.4 Å². The summed E-state index contributed by atoms with van der Waals surface area (Å²) in [5.74, 6) is -0.544. The average molecular weight is 398 g/mol. The number of esters is 1. The van der Waals surface area contributed by atoms with Gasteiger partial charge in [-0.15, -0.1) is 0 Å². The van der Waals surface area contributed by atoms with Gasteiger partial charge in [-0.05, 0) is 61.7 Å². The first-order chi connectivity index (χ1) is 13.4. The molecule has 0 amide bonds. The Morgan fingerprint density at radius 3 is 2.64 bits per heavy atom. The zero-order valence-corrected chi connectivity index (χ0v) is 16.5. The van der Waals surface area contributed by atoms with Crippen molar-refractivity contribution in [1.29, 1.82) is 5.26 Å². The molecule has 6 nitrogen and oxygen atoms in total. The molecule has 0 radical (unpaired) electrons. The molecule has 0 saturated carbocycles. The number of piperidine rings is 1. The summed E-state index contributed by atoms with van der Waals surface area (Å²) in [5.41, 5.74) is 1.49. The first kappa shape index (κ1) is 20.1. The van der Waals surface area contributed by atoms with Crippen molar-refractivity contribution >= 4 is 16.0 Å². The number of hydrogen-bond acceptors (Lipinski definition) is 5. The molecule has 2 aromatic rings. The molecule has 1 saturated heterocycles. The second-order valence-electron chi connectivity index (χ2n) is 6.87. The van der Waals surface area contributed by atoms with Crippen molar-refractivity contribution in [2.75, 3.05) is 6.54 Å². The van der Waals surface area contributed by atoms with Crippen molar-refractivity contribution in [2.45, 2.75) is 43.7 Å². The summed E-state index contributed by atoms with van der Waals surface area (Å²) >= 11 is 0. The summed E-state index contributed by atoms with van der Waals surface area (Å²) in [6.07, 6.45) is 2.76. The van der Waals surface area contributed by atoms with Gasteiger partial charge in [0.25, 0.3) is 0 Å². The van der Waals surface area contributed by atoms with Gasteiger partial charge in [0.15, 0.2) is 0 Å². The molecule has 0 aromatic heterocycles. The van der Waals surface area contributed by atoms with Gasteiger partial charge < -0.3 is 4.74 Å². The number of ether oxygens (including phenoxy) is 1. The predicted octanol–water partition coefficient (Wildman–Crippen LogP) is 3.48. The molecule has 0 aliphatic carbocycles. The molecule has 7 heteroatoms. The predicted molar refractivity (Wildman–Crippen MR) is 104 cm³/mol. The number of hydrogen-bond donors (Lipinski definition) is 0. The Morgan fingerprint density at radius 2 is 1.96 bits per heavy atom. The van der Waals surface area contributed by atoms with Crippen molar-refractivity contribution < 1.29 is 17.9 Å². The van der Waals surface area contributed by atoms with E-state index >= 15 is 0 Å². The van der Waals surface area contributed by atoms with E-state index in [1.807, 2.05) is 13.0 Å². The third-order valence-electron chi connectivity index (χ3n) is 4.86. The highest BCUT2D eigenvalue weighted by atomic mass is 32.2. The molecule has 2 aromatic carbocycles. The first-order valence-corrected chi connectivity index (χ1v) is 10.6. The van der Waals surface area contributed by atoms with Gasteiger partial charge in [0.1, 0.15) is 6.61 Å². The number of carbonyl (C=O) groups is 1. The lowest BCUT2D eigenvalue weighted by molar-refractivity contribution is 0.0472. The maximum atomic E-state index is 12.8. The SMILES string of the molecule is C[C@@H]1CCCCN1S(=O)(=O)c1ccc(C(=O)OCc2cccc(C#N)c2)cc1. The third kappa shape index (κ3) is 4.41. The molecular formula is C21H22N2O4S. The summed E-state index contributed by atoms with van der Waals surface area (Å²) in [7, 11) is -3.57. The summed E-state index contributed by atoms with van der Waals surface area (Å²) in [6, 6.07) is 14.7. The van der Waals surface area contributed by atoms with Crippen LogP contribution in [-0.4, -0.2) is 31.3 Å². The van der Waals surface area contributed by atoms with Crippen LogP contribution in [0.25, 0.3) is 0 Å². The molecule has 3 rings (SSSR count). The Balaban J connectivity index is 1.68. The fourth-order valence-corrected chi connectivity index (χ4v) is 4.99. The maximum Gasteiger partial charge on any atom is 0.338 e. The zero-order valence-electron chi connectivity index (χ0n) is 15.7. The Hall–Kier alpha value is -2.69. The first-order valence-electron chi connectivity index (χ1n) is 9.20. The van der Waals surface area contributed by atoms with E-state index in [2.05, 4.69) is 0 Å². The lowest BCUT2D eigenvalue weighted by Gasteiger charge is -2.32. The molecule has 1 aliphatic rings. The molecule has 28 heavy (non-hydrogen) atoms. The van der Waals surface area contributed by atoms with Gasteiger partial charge in [0.2, 0.25) is 10.0 Å². The van der Waals surface area contributed by atoms with E-state index in [9.17, 15) is 13.2 Å². The normalized spacial score (nSPS) is 17.6. The van der Waals surface area contributed by atoms with E-state index in [1.165, 1.54) is 28.6 Å². The van der Waals surface area contributed by atoms with E-state index < -0.39 is 16.0 Å². The van der Waals surface area contributed by atoms with Gasteiger partial charge in [-0.25, -0.2) is 13.2 Å². The third-order valence-corrected chi connectivity index (χ3v) is 6.89. The summed E-state index contributed by atoms with van der Waals surface area (Å²) in [5, 5.41) is 8.91. The summed E-state index contributed by atoms with van der Waals surface area (Å²) in [4.78, 5) is 12.4. The average Bonchev–Trinajstić information content (AvgIpc) is 2.72. The molecule has 1 heterocycles. The van der Waals surface area contributed by atoms with Gasteiger partial charge >= 0.3 is 5.97 Å². The lowest BCUT2D eigenvalue weighted by Crippen LogP contribution is -2.41. The summed E-state index contributed by atoms with van der Waals surface area (Å²) < 4.78 is 32.5. The smallest absolute Gasteiger partial charge is 0.338 e. The van der Waals surface area contributed by atoms with Crippen molar-refractivity contribution in [3.05, 3.63) is 65.2 Å². The van der Waals surface area contributed by atoms with E-state index in [1.54, 1.807) is 24.3 Å². The Morgan fingerprint density at radius 1 is 1.21 bits per heavy atom. The number of sulfonamides is 1. The molecule has 0 N–H and O–H groups in total. The number of nitrogens with zero attached hydrogens (tertiary/aromatic N) is 2. The van der Waals surface area contributed by atoms with Crippen LogP contribution in [0.4, 0.5) is 0 Å². The molecule has 1 aliphatic heterocycles. The Kier molecular flexibility index (Phi) is 6.12. The molecule has 1 fully saturated rings. The van der Waals surface area contributed by atoms with Crippen LogP contribution in [0.5, 0.6) is 0 Å². The van der Waals surface area contributed by atoms with Gasteiger partial charge in [0, 0.05) is 12.6 Å². The van der Waals surface area contributed by atoms with Crippen LogP contribution >= 0.6 is 0 Å². The van der Waals surface area contributed by atoms with Crippen LogP contribution < -0.4 is 0 Å². The zero-order chi connectivity index (χ0) is 20.1. The molecule has 0 unspecified atom stereocenters. The van der Waals surface area contributed by atoms with Crippen LogP contribution in [0.2, 0.25) is 0 Å². The number of nitriles is 1. The minimum Gasteiger partial charge on any atom is -0.457 e. The van der Waals surface area contributed by atoms with Gasteiger partial charge in [-0.3, -0.25) is 0 Å². The van der Waals surface area contributed by atoms with Crippen molar-refractivity contribution in [3.8, 4) is 6.07 Å². The largest absolute Gasteiger partial charge is 0.457 e. The van der Waals surface area contributed by atoms with Crippen LogP contribution in [0.3, 0.4) is 0 Å². The van der Waals surface area contributed by atoms with Crippen LogP contribution in [0.15, 0.2) is 53.4 Å². The second kappa shape index (κ2) is 8.55. The molecule has 0 bridgehead atoms. The van der Waals surface area contributed by atoms with Crippen molar-refractivity contribution in [3.63, 3.8) is 0 Å². The fourth-order valence-electron chi connectivity index (χ4n) is 3.29. The fraction of sp³-hybridized carbons (Fsp3) is 0.333. The van der Waals surface area contributed by atoms with Crippen molar-refractivity contribution in [1.82, 2.24) is 4.31 Å². The van der Waals surface area contributed by atoms with Gasteiger partial charge in [-0.1, -0.05) is 18.6 Å². The summed E-state index contributed by atoms with van der Waals surface area (Å²) in [6.45, 7) is 2.48. The minimum absolute atomic E-state index is 0.0208. The second-order valence-corrected chi connectivity index (χ2v) is 8.76. The highest BCUT2D eigenvalue weighted by Gasteiger charge is 2.30. The van der Waals surface area contributed by atoms with Gasteiger partial charge in [0.05, 0.1) is 22.1 Å². The molecular weight excluding hydrogens is 376 g/mol. The molecule has 146 valence electrons. The number of carbonyl (C=O) groups excluding carboxylic acids is 1.